The van der Waals surface area contributed by atoms with E-state index in [2.05, 4.69) is 15.6 Å². The van der Waals surface area contributed by atoms with Crippen LogP contribution in [0.25, 0.3) is 11.3 Å². The van der Waals surface area contributed by atoms with Crippen molar-refractivity contribution in [2.75, 3.05) is 11.9 Å². The lowest BCUT2D eigenvalue weighted by molar-refractivity contribution is 0.277. The molecule has 5 nitrogen and oxygen atoms in total. The van der Waals surface area contributed by atoms with E-state index in [9.17, 15) is 5.11 Å². The largest absolute Gasteiger partial charge is 0.390 e. The number of benzene rings is 1. The molecular formula is C11H12N4O. The van der Waals surface area contributed by atoms with Gasteiger partial charge < -0.3 is 10.4 Å². The summed E-state index contributed by atoms with van der Waals surface area (Å²) in [6.45, 7) is 1.50. The topological polar surface area (TPSA) is 63.0 Å². The van der Waals surface area contributed by atoms with Gasteiger partial charge in [-0.15, -0.1) is 5.10 Å². The van der Waals surface area contributed by atoms with Crippen LogP contribution in [0.4, 0.5) is 5.69 Å². The highest BCUT2D eigenvalue weighted by Crippen LogP contribution is 2.31. The van der Waals surface area contributed by atoms with Crippen LogP contribution in [-0.2, 0) is 13.2 Å². The number of hydrogen-bond acceptors (Lipinski definition) is 4. The van der Waals surface area contributed by atoms with E-state index in [0.717, 1.165) is 30.0 Å². The Labute approximate surface area is 92.7 Å². The third-order valence-corrected chi connectivity index (χ3v) is 2.78. The summed E-state index contributed by atoms with van der Waals surface area (Å²) in [5.74, 6) is 0. The second-order valence-corrected chi connectivity index (χ2v) is 3.74. The first-order valence-electron chi connectivity index (χ1n) is 5.26. The fourth-order valence-corrected chi connectivity index (χ4v) is 2.05. The number of anilines is 1. The molecule has 3 rings (SSSR count). The highest BCUT2D eigenvalue weighted by Gasteiger charge is 2.19. The van der Waals surface area contributed by atoms with Crippen LogP contribution in [0.1, 0.15) is 5.69 Å². The number of nitrogens with one attached hydrogen (secondary N) is 1. The van der Waals surface area contributed by atoms with Crippen LogP contribution in [0.15, 0.2) is 24.3 Å². The number of aliphatic hydroxyl groups excluding tert-OH is 1. The highest BCUT2D eigenvalue weighted by atomic mass is 16.3. The summed E-state index contributed by atoms with van der Waals surface area (Å²) < 4.78 is 1.84. The molecule has 0 aliphatic carbocycles. The van der Waals surface area contributed by atoms with E-state index >= 15 is 0 Å². The fraction of sp³-hybridized carbons (Fsp3) is 0.273. The molecule has 1 aliphatic rings. The molecule has 0 fully saturated rings. The molecule has 1 aliphatic heterocycles. The summed E-state index contributed by atoms with van der Waals surface area (Å²) >= 11 is 0. The van der Waals surface area contributed by atoms with Gasteiger partial charge in [0.05, 0.1) is 18.8 Å². The monoisotopic (exact) mass is 216 g/mol. The van der Waals surface area contributed by atoms with Crippen LogP contribution in [0.3, 0.4) is 0 Å². The quantitative estimate of drug-likeness (QED) is 0.742. The lowest BCUT2D eigenvalue weighted by atomic mass is 10.1. The summed E-state index contributed by atoms with van der Waals surface area (Å²) in [4.78, 5) is 0. The number of aromatic nitrogens is 3. The van der Waals surface area contributed by atoms with Gasteiger partial charge in [0.25, 0.3) is 0 Å². The predicted octanol–water partition coefficient (Wildman–Crippen LogP) is 0.863. The normalized spacial score (nSPS) is 13.6. The van der Waals surface area contributed by atoms with E-state index in [1.165, 1.54) is 0 Å². The Morgan fingerprint density at radius 1 is 1.38 bits per heavy atom. The van der Waals surface area contributed by atoms with Gasteiger partial charge in [-0.1, -0.05) is 23.4 Å². The Hall–Kier alpha value is -1.88. The average molecular weight is 216 g/mol. The van der Waals surface area contributed by atoms with E-state index in [1.54, 1.807) is 0 Å². The van der Waals surface area contributed by atoms with Crippen molar-refractivity contribution in [3.05, 3.63) is 30.0 Å². The first kappa shape index (κ1) is 9.35. The van der Waals surface area contributed by atoms with Gasteiger partial charge in [0.2, 0.25) is 0 Å². The lowest BCUT2D eigenvalue weighted by Gasteiger charge is -2.06. The molecule has 2 N–H and O–H groups in total. The molecule has 82 valence electrons. The standard InChI is InChI=1S/C11H12N4O/c16-7-10-11-8-3-1-2-4-9(8)12-5-6-15(11)14-13-10/h1-4,12,16H,5-7H2. The van der Waals surface area contributed by atoms with Crippen molar-refractivity contribution >= 4 is 5.69 Å². The van der Waals surface area contributed by atoms with Crippen molar-refractivity contribution in [1.82, 2.24) is 15.0 Å². The van der Waals surface area contributed by atoms with Gasteiger partial charge in [0.15, 0.2) is 0 Å². The van der Waals surface area contributed by atoms with Crippen molar-refractivity contribution in [1.29, 1.82) is 0 Å². The van der Waals surface area contributed by atoms with E-state index in [1.807, 2.05) is 28.9 Å². The molecule has 2 aromatic rings. The van der Waals surface area contributed by atoms with Gasteiger partial charge in [0, 0.05) is 17.8 Å². The summed E-state index contributed by atoms with van der Waals surface area (Å²) in [5, 5.41) is 20.6. The third kappa shape index (κ3) is 1.29. The third-order valence-electron chi connectivity index (χ3n) is 2.78. The SMILES string of the molecule is OCc1nnn2c1-c1ccccc1NCC2. The summed E-state index contributed by atoms with van der Waals surface area (Å²) in [7, 11) is 0. The first-order chi connectivity index (χ1) is 7.90. The van der Waals surface area contributed by atoms with Crippen LogP contribution in [0.2, 0.25) is 0 Å². The van der Waals surface area contributed by atoms with Gasteiger partial charge >= 0.3 is 0 Å². The molecule has 0 saturated heterocycles. The minimum atomic E-state index is -0.0797. The number of hydrogen-bond donors (Lipinski definition) is 2. The molecule has 0 saturated carbocycles. The number of rotatable bonds is 1. The molecule has 1 aromatic heterocycles. The van der Waals surface area contributed by atoms with Crippen LogP contribution in [0, 0.1) is 0 Å². The number of aliphatic hydroxyl groups is 1. The van der Waals surface area contributed by atoms with Crippen LogP contribution >= 0.6 is 0 Å². The predicted molar refractivity (Wildman–Crippen MR) is 59.9 cm³/mol. The van der Waals surface area contributed by atoms with Crippen molar-refractivity contribution in [2.45, 2.75) is 13.2 Å². The Balaban J connectivity index is 2.27. The van der Waals surface area contributed by atoms with E-state index < -0.39 is 0 Å². The van der Waals surface area contributed by atoms with Crippen LogP contribution in [0.5, 0.6) is 0 Å². The molecule has 5 heteroatoms. The second kappa shape index (κ2) is 3.61. The van der Waals surface area contributed by atoms with Crippen LogP contribution < -0.4 is 5.32 Å². The maximum absolute atomic E-state index is 9.26. The Morgan fingerprint density at radius 2 is 2.25 bits per heavy atom. The van der Waals surface area contributed by atoms with Crippen molar-refractivity contribution < 1.29 is 5.11 Å². The maximum atomic E-state index is 9.26. The molecule has 16 heavy (non-hydrogen) atoms. The van der Waals surface area contributed by atoms with Gasteiger partial charge in [-0.25, -0.2) is 4.68 Å². The molecular weight excluding hydrogens is 204 g/mol. The zero-order chi connectivity index (χ0) is 11.0. The van der Waals surface area contributed by atoms with Gasteiger partial charge in [-0.05, 0) is 6.07 Å². The smallest absolute Gasteiger partial charge is 0.116 e. The Bertz CT molecular complexity index is 520. The van der Waals surface area contributed by atoms with Crippen molar-refractivity contribution in [2.24, 2.45) is 0 Å². The number of para-hydroxylation sites is 1. The van der Waals surface area contributed by atoms with Gasteiger partial charge in [-0.2, -0.15) is 0 Å². The molecule has 0 atom stereocenters. The fourth-order valence-electron chi connectivity index (χ4n) is 2.05. The van der Waals surface area contributed by atoms with E-state index in [-0.39, 0.29) is 6.61 Å². The van der Waals surface area contributed by atoms with Crippen molar-refractivity contribution in [3.63, 3.8) is 0 Å². The Kier molecular flexibility index (Phi) is 2.11. The minimum Gasteiger partial charge on any atom is -0.390 e. The van der Waals surface area contributed by atoms with Crippen molar-refractivity contribution in [3.8, 4) is 11.3 Å². The Morgan fingerprint density at radius 3 is 3.12 bits per heavy atom. The summed E-state index contributed by atoms with van der Waals surface area (Å²) in [5.41, 5.74) is 3.67. The lowest BCUT2D eigenvalue weighted by Crippen LogP contribution is -2.08. The number of fused-ring (bicyclic) bond motifs is 3. The molecule has 0 amide bonds. The molecule has 1 aromatic carbocycles. The summed E-state index contributed by atoms with van der Waals surface area (Å²) in [6.07, 6.45) is 0. The molecule has 0 bridgehead atoms. The highest BCUT2D eigenvalue weighted by molar-refractivity contribution is 5.77. The van der Waals surface area contributed by atoms with Gasteiger partial charge in [0.1, 0.15) is 5.69 Å². The minimum absolute atomic E-state index is 0.0797. The molecule has 0 spiro atoms. The second-order valence-electron chi connectivity index (χ2n) is 3.74. The average Bonchev–Trinajstić information content (AvgIpc) is 2.64. The zero-order valence-corrected chi connectivity index (χ0v) is 8.72. The van der Waals surface area contributed by atoms with Gasteiger partial charge in [-0.3, -0.25) is 0 Å². The molecule has 0 unspecified atom stereocenters. The zero-order valence-electron chi connectivity index (χ0n) is 8.72. The first-order valence-corrected chi connectivity index (χ1v) is 5.26. The maximum Gasteiger partial charge on any atom is 0.116 e. The van der Waals surface area contributed by atoms with E-state index in [0.29, 0.717) is 5.69 Å². The van der Waals surface area contributed by atoms with Crippen LogP contribution in [-0.4, -0.2) is 26.6 Å². The molecule has 2 heterocycles. The van der Waals surface area contributed by atoms with E-state index in [4.69, 9.17) is 0 Å². The summed E-state index contributed by atoms with van der Waals surface area (Å²) in [6, 6.07) is 8.01. The number of nitrogens with zero attached hydrogens (tertiary/aromatic N) is 3. The molecule has 0 radical (unpaired) electrons.